The Hall–Kier alpha value is -2.09. The SMILES string of the molecule is NCc1cn2ncc(C(CC3CCC3)NC(=O)CC3CC(F)(F)C3)cc2n1. The second-order valence-electron chi connectivity index (χ2n) is 8.02. The number of fused-ring (bicyclic) bond motifs is 1. The molecule has 1 atom stereocenters. The van der Waals surface area contributed by atoms with E-state index in [1.54, 1.807) is 16.9 Å². The highest BCUT2D eigenvalue weighted by Crippen LogP contribution is 2.44. The van der Waals surface area contributed by atoms with E-state index in [-0.39, 0.29) is 37.1 Å². The maximum atomic E-state index is 13.0. The van der Waals surface area contributed by atoms with Crippen molar-refractivity contribution < 1.29 is 13.6 Å². The molecule has 4 rings (SSSR count). The fourth-order valence-electron chi connectivity index (χ4n) is 4.01. The maximum Gasteiger partial charge on any atom is 0.248 e. The summed E-state index contributed by atoms with van der Waals surface area (Å²) < 4.78 is 27.7. The van der Waals surface area contributed by atoms with Crippen LogP contribution in [0.3, 0.4) is 0 Å². The minimum Gasteiger partial charge on any atom is -0.349 e. The molecule has 0 bridgehead atoms. The first-order valence-electron chi connectivity index (χ1n) is 9.63. The number of nitrogens with zero attached hydrogens (tertiary/aromatic N) is 3. The Kier molecular flexibility index (Phi) is 4.84. The molecule has 2 heterocycles. The fraction of sp³-hybridized carbons (Fsp3) is 0.632. The highest BCUT2D eigenvalue weighted by molar-refractivity contribution is 5.77. The summed E-state index contributed by atoms with van der Waals surface area (Å²) in [4.78, 5) is 16.9. The number of carbonyl (C=O) groups is 1. The van der Waals surface area contributed by atoms with Gasteiger partial charge in [-0.25, -0.2) is 18.3 Å². The van der Waals surface area contributed by atoms with Gasteiger partial charge in [0, 0.05) is 25.8 Å². The number of nitrogens with two attached hydrogens (primary N) is 1. The lowest BCUT2D eigenvalue weighted by Crippen LogP contribution is -2.39. The molecule has 0 aromatic carbocycles. The standard InChI is InChI=1S/C19H25F2N5O/c20-19(21)7-13(8-19)5-18(27)25-16(4-12-2-1-3-12)14-6-17-24-15(9-22)11-26(17)23-10-14/h6,10-13,16H,1-5,7-9,22H2,(H,25,27). The molecule has 1 unspecified atom stereocenters. The normalized spacial score (nSPS) is 20.9. The number of nitrogens with one attached hydrogen (secondary N) is 1. The predicted octanol–water partition coefficient (Wildman–Crippen LogP) is 2.97. The monoisotopic (exact) mass is 377 g/mol. The van der Waals surface area contributed by atoms with E-state index in [4.69, 9.17) is 5.73 Å². The van der Waals surface area contributed by atoms with E-state index in [1.807, 2.05) is 6.07 Å². The van der Waals surface area contributed by atoms with Gasteiger partial charge in [0.15, 0.2) is 5.65 Å². The van der Waals surface area contributed by atoms with Gasteiger partial charge in [0.2, 0.25) is 11.8 Å². The molecule has 2 saturated carbocycles. The lowest BCUT2D eigenvalue weighted by Gasteiger charge is -2.35. The first-order chi connectivity index (χ1) is 12.9. The van der Waals surface area contributed by atoms with Gasteiger partial charge < -0.3 is 11.1 Å². The van der Waals surface area contributed by atoms with Crippen molar-refractivity contribution in [3.8, 4) is 0 Å². The Labute approximate surface area is 156 Å². The van der Waals surface area contributed by atoms with Crippen LogP contribution in [0, 0.1) is 11.8 Å². The van der Waals surface area contributed by atoms with Gasteiger partial charge in [-0.05, 0) is 29.9 Å². The number of amides is 1. The van der Waals surface area contributed by atoms with Crippen LogP contribution in [0.15, 0.2) is 18.5 Å². The van der Waals surface area contributed by atoms with E-state index in [1.165, 1.54) is 6.42 Å². The van der Waals surface area contributed by atoms with Crippen molar-refractivity contribution in [2.75, 3.05) is 0 Å². The number of aromatic nitrogens is 3. The van der Waals surface area contributed by atoms with E-state index in [0.29, 0.717) is 18.1 Å². The number of imidazole rings is 1. The topological polar surface area (TPSA) is 85.3 Å². The number of hydrogen-bond donors (Lipinski definition) is 2. The van der Waals surface area contributed by atoms with E-state index < -0.39 is 5.92 Å². The minimum atomic E-state index is -2.59. The zero-order valence-corrected chi connectivity index (χ0v) is 15.2. The van der Waals surface area contributed by atoms with Crippen molar-refractivity contribution in [1.29, 1.82) is 0 Å². The van der Waals surface area contributed by atoms with Gasteiger partial charge in [0.1, 0.15) is 0 Å². The van der Waals surface area contributed by atoms with Gasteiger partial charge in [0.05, 0.1) is 24.1 Å². The molecule has 2 aromatic rings. The minimum absolute atomic E-state index is 0.160. The van der Waals surface area contributed by atoms with E-state index in [2.05, 4.69) is 15.4 Å². The summed E-state index contributed by atoms with van der Waals surface area (Å²) in [6, 6.07) is 1.76. The van der Waals surface area contributed by atoms with Crippen LogP contribution >= 0.6 is 0 Å². The van der Waals surface area contributed by atoms with Crippen LogP contribution in [0.2, 0.25) is 0 Å². The molecule has 2 aromatic heterocycles. The highest BCUT2D eigenvalue weighted by Gasteiger charge is 2.45. The zero-order valence-electron chi connectivity index (χ0n) is 15.2. The summed E-state index contributed by atoms with van der Waals surface area (Å²) >= 11 is 0. The number of halogens is 2. The Morgan fingerprint density at radius 2 is 2.15 bits per heavy atom. The van der Waals surface area contributed by atoms with Crippen molar-refractivity contribution in [3.63, 3.8) is 0 Å². The number of hydrogen-bond acceptors (Lipinski definition) is 4. The molecule has 1 amide bonds. The molecule has 3 N–H and O–H groups in total. The third kappa shape index (κ3) is 4.10. The van der Waals surface area contributed by atoms with Crippen LogP contribution in [-0.4, -0.2) is 26.4 Å². The van der Waals surface area contributed by atoms with Gasteiger partial charge >= 0.3 is 0 Å². The third-order valence-electron chi connectivity index (χ3n) is 5.78. The molecule has 0 radical (unpaired) electrons. The van der Waals surface area contributed by atoms with Gasteiger partial charge in [-0.3, -0.25) is 4.79 Å². The molecule has 0 saturated heterocycles. The van der Waals surface area contributed by atoms with E-state index in [0.717, 1.165) is 30.5 Å². The average molecular weight is 377 g/mol. The fourth-order valence-corrected chi connectivity index (χ4v) is 4.01. The van der Waals surface area contributed by atoms with Crippen LogP contribution in [0.4, 0.5) is 8.78 Å². The van der Waals surface area contributed by atoms with Crippen LogP contribution in [-0.2, 0) is 11.3 Å². The van der Waals surface area contributed by atoms with E-state index in [9.17, 15) is 13.6 Å². The van der Waals surface area contributed by atoms with Crippen LogP contribution in [0.1, 0.15) is 62.2 Å². The Morgan fingerprint density at radius 3 is 2.78 bits per heavy atom. The molecular formula is C19H25F2N5O. The predicted molar refractivity (Wildman–Crippen MR) is 96.0 cm³/mol. The second-order valence-corrected chi connectivity index (χ2v) is 8.02. The van der Waals surface area contributed by atoms with Crippen molar-refractivity contribution in [3.05, 3.63) is 29.7 Å². The van der Waals surface area contributed by atoms with Gasteiger partial charge in [0.25, 0.3) is 0 Å². The first kappa shape index (κ1) is 18.3. The lowest BCUT2D eigenvalue weighted by atomic mass is 9.78. The number of alkyl halides is 2. The summed E-state index contributed by atoms with van der Waals surface area (Å²) in [5.74, 6) is -2.39. The maximum absolute atomic E-state index is 13.0. The van der Waals surface area contributed by atoms with Gasteiger partial charge in [-0.2, -0.15) is 5.10 Å². The van der Waals surface area contributed by atoms with Crippen LogP contribution in [0.5, 0.6) is 0 Å². The highest BCUT2D eigenvalue weighted by atomic mass is 19.3. The summed E-state index contributed by atoms with van der Waals surface area (Å²) in [7, 11) is 0. The smallest absolute Gasteiger partial charge is 0.248 e. The lowest BCUT2D eigenvalue weighted by molar-refractivity contribution is -0.134. The van der Waals surface area contributed by atoms with Crippen LogP contribution < -0.4 is 11.1 Å². The molecule has 6 nitrogen and oxygen atoms in total. The van der Waals surface area contributed by atoms with Gasteiger partial charge in [-0.15, -0.1) is 0 Å². The average Bonchev–Trinajstić information content (AvgIpc) is 2.97. The van der Waals surface area contributed by atoms with Crippen molar-refractivity contribution in [2.45, 2.75) is 63.5 Å². The second kappa shape index (κ2) is 7.14. The molecule has 2 aliphatic rings. The molecular weight excluding hydrogens is 352 g/mol. The first-order valence-corrected chi connectivity index (χ1v) is 9.63. The van der Waals surface area contributed by atoms with Crippen molar-refractivity contribution in [1.82, 2.24) is 19.9 Å². The molecule has 27 heavy (non-hydrogen) atoms. The largest absolute Gasteiger partial charge is 0.349 e. The molecule has 146 valence electrons. The van der Waals surface area contributed by atoms with Crippen LogP contribution in [0.25, 0.3) is 5.65 Å². The summed E-state index contributed by atoms with van der Waals surface area (Å²) in [5, 5.41) is 7.44. The molecule has 0 spiro atoms. The Morgan fingerprint density at radius 1 is 1.37 bits per heavy atom. The number of rotatable bonds is 7. The summed E-state index contributed by atoms with van der Waals surface area (Å²) in [6.45, 7) is 0.340. The van der Waals surface area contributed by atoms with Crippen molar-refractivity contribution >= 4 is 11.6 Å². The quantitative estimate of drug-likeness (QED) is 0.777. The Bertz CT molecular complexity index is 825. The van der Waals surface area contributed by atoms with E-state index >= 15 is 0 Å². The van der Waals surface area contributed by atoms with Crippen molar-refractivity contribution in [2.24, 2.45) is 17.6 Å². The summed E-state index contributed by atoms with van der Waals surface area (Å²) in [5.41, 5.74) is 7.99. The molecule has 2 aliphatic carbocycles. The molecule has 2 fully saturated rings. The molecule has 8 heteroatoms. The zero-order chi connectivity index (χ0) is 19.0. The molecule has 0 aliphatic heterocycles. The number of carbonyl (C=O) groups excluding carboxylic acids is 1. The van der Waals surface area contributed by atoms with Gasteiger partial charge in [-0.1, -0.05) is 19.3 Å². The Balaban J connectivity index is 1.47. The third-order valence-corrected chi connectivity index (χ3v) is 5.78. The summed E-state index contributed by atoms with van der Waals surface area (Å²) in [6.07, 6.45) is 7.72.